The quantitative estimate of drug-likeness (QED) is 0.725. The van der Waals surface area contributed by atoms with E-state index in [2.05, 4.69) is 10.6 Å². The smallest absolute Gasteiger partial charge is 0.324 e. The molecule has 1 aliphatic rings. The van der Waals surface area contributed by atoms with Crippen LogP contribution in [0.15, 0.2) is 48.5 Å². The minimum absolute atomic E-state index is 0.163. The maximum Gasteiger partial charge on any atom is 0.324 e. The van der Waals surface area contributed by atoms with Crippen molar-refractivity contribution < 1.29 is 14.4 Å². The maximum absolute atomic E-state index is 12.5. The Morgan fingerprint density at radius 2 is 1.86 bits per heavy atom. The van der Waals surface area contributed by atoms with Crippen molar-refractivity contribution in [3.05, 3.63) is 65.2 Å². The second kappa shape index (κ2) is 8.69. The summed E-state index contributed by atoms with van der Waals surface area (Å²) >= 11 is 0. The molecule has 1 heterocycles. The van der Waals surface area contributed by atoms with E-state index in [4.69, 9.17) is 0 Å². The molecule has 0 saturated carbocycles. The molecule has 0 radical (unpaired) electrons. The second-order valence-corrected chi connectivity index (χ2v) is 7.13. The number of benzene rings is 2. The summed E-state index contributed by atoms with van der Waals surface area (Å²) in [7, 11) is 0. The third-order valence-electron chi connectivity index (χ3n) is 4.89. The Balaban J connectivity index is 1.50. The van der Waals surface area contributed by atoms with Gasteiger partial charge < -0.3 is 10.6 Å². The molecule has 6 nitrogen and oxygen atoms in total. The lowest BCUT2D eigenvalue weighted by Gasteiger charge is -2.13. The van der Waals surface area contributed by atoms with Crippen LogP contribution >= 0.6 is 0 Å². The van der Waals surface area contributed by atoms with E-state index in [1.165, 1.54) is 4.90 Å². The lowest BCUT2D eigenvalue weighted by molar-refractivity contribution is -0.127. The molecule has 1 fully saturated rings. The van der Waals surface area contributed by atoms with Gasteiger partial charge in [-0.15, -0.1) is 0 Å². The number of carbonyl (C=O) groups is 3. The summed E-state index contributed by atoms with van der Waals surface area (Å²) in [5.74, 6) is -0.433. The average molecular weight is 379 g/mol. The number of hydrogen-bond acceptors (Lipinski definition) is 3. The van der Waals surface area contributed by atoms with Crippen molar-refractivity contribution in [2.45, 2.75) is 39.2 Å². The van der Waals surface area contributed by atoms with Gasteiger partial charge in [-0.1, -0.05) is 48.0 Å². The van der Waals surface area contributed by atoms with E-state index in [1.807, 2.05) is 62.4 Å². The van der Waals surface area contributed by atoms with Crippen LogP contribution in [0.2, 0.25) is 0 Å². The summed E-state index contributed by atoms with van der Waals surface area (Å²) in [4.78, 5) is 38.1. The summed E-state index contributed by atoms with van der Waals surface area (Å²) in [6, 6.07) is 14.5. The molecule has 1 saturated heterocycles. The van der Waals surface area contributed by atoms with Crippen LogP contribution in [-0.4, -0.2) is 35.3 Å². The molecule has 0 spiro atoms. The van der Waals surface area contributed by atoms with Crippen molar-refractivity contribution in [3.8, 4) is 0 Å². The molecule has 6 heteroatoms. The molecule has 1 aliphatic heterocycles. The number of carbonyl (C=O) groups excluding carboxylic acids is 3. The number of urea groups is 1. The molecule has 3 rings (SSSR count). The van der Waals surface area contributed by atoms with E-state index < -0.39 is 6.04 Å². The van der Waals surface area contributed by atoms with E-state index in [9.17, 15) is 14.4 Å². The lowest BCUT2D eigenvalue weighted by atomic mass is 10.1. The van der Waals surface area contributed by atoms with E-state index in [-0.39, 0.29) is 30.7 Å². The predicted molar refractivity (Wildman–Crippen MR) is 108 cm³/mol. The highest BCUT2D eigenvalue weighted by Gasteiger charge is 2.37. The van der Waals surface area contributed by atoms with Crippen LogP contribution in [0.1, 0.15) is 29.5 Å². The third-order valence-corrected chi connectivity index (χ3v) is 4.89. The molecule has 0 aromatic heterocycles. The standard InChI is InChI=1S/C22H25N3O3/c1-15-8-9-18(16(2)14-15)23-20(26)11-10-19-21(27)25(22(28)24-19)13-12-17-6-4-3-5-7-17/h3-9,14,19H,10-13H2,1-2H3,(H,23,26)(H,24,28)/t19-/m0/s1. The summed E-state index contributed by atoms with van der Waals surface area (Å²) in [5.41, 5.74) is 3.96. The van der Waals surface area contributed by atoms with Crippen LogP contribution in [0.4, 0.5) is 10.5 Å². The van der Waals surface area contributed by atoms with E-state index in [1.54, 1.807) is 0 Å². The minimum Gasteiger partial charge on any atom is -0.326 e. The molecular formula is C22H25N3O3. The van der Waals surface area contributed by atoms with E-state index >= 15 is 0 Å². The molecule has 2 aromatic rings. The molecule has 0 bridgehead atoms. The molecule has 2 N–H and O–H groups in total. The Labute approximate surface area is 164 Å². The SMILES string of the molecule is Cc1ccc(NC(=O)CC[C@@H]2NC(=O)N(CCc3ccccc3)C2=O)c(C)c1. The highest BCUT2D eigenvalue weighted by Crippen LogP contribution is 2.17. The Morgan fingerprint density at radius 3 is 2.57 bits per heavy atom. The van der Waals surface area contributed by atoms with Gasteiger partial charge in [0.15, 0.2) is 0 Å². The van der Waals surface area contributed by atoms with E-state index in [0.29, 0.717) is 13.0 Å². The topological polar surface area (TPSA) is 78.5 Å². The Bertz CT molecular complexity index is 880. The summed E-state index contributed by atoms with van der Waals surface area (Å²) < 4.78 is 0. The van der Waals surface area contributed by atoms with Crippen molar-refractivity contribution in [3.63, 3.8) is 0 Å². The fourth-order valence-corrected chi connectivity index (χ4v) is 3.31. The number of amides is 4. The average Bonchev–Trinajstić information content (AvgIpc) is 2.94. The zero-order valence-electron chi connectivity index (χ0n) is 16.2. The Hall–Kier alpha value is -3.15. The lowest BCUT2D eigenvalue weighted by Crippen LogP contribution is -2.33. The highest BCUT2D eigenvalue weighted by atomic mass is 16.2. The number of nitrogens with zero attached hydrogens (tertiary/aromatic N) is 1. The van der Waals surface area contributed by atoms with Gasteiger partial charge in [-0.2, -0.15) is 0 Å². The van der Waals surface area contributed by atoms with Gasteiger partial charge in [-0.25, -0.2) is 4.79 Å². The summed E-state index contributed by atoms with van der Waals surface area (Å²) in [6.07, 6.45) is 1.06. The second-order valence-electron chi connectivity index (χ2n) is 7.13. The van der Waals surface area contributed by atoms with E-state index in [0.717, 1.165) is 22.4 Å². The summed E-state index contributed by atoms with van der Waals surface area (Å²) in [5, 5.41) is 5.55. The van der Waals surface area contributed by atoms with Gasteiger partial charge in [-0.05, 0) is 43.9 Å². The van der Waals surface area contributed by atoms with Gasteiger partial charge in [0, 0.05) is 18.7 Å². The number of aryl methyl sites for hydroxylation is 2. The largest absolute Gasteiger partial charge is 0.326 e. The minimum atomic E-state index is -0.645. The fourth-order valence-electron chi connectivity index (χ4n) is 3.31. The molecule has 2 aromatic carbocycles. The van der Waals surface area contributed by atoms with Gasteiger partial charge in [-0.3, -0.25) is 14.5 Å². The van der Waals surface area contributed by atoms with Crippen LogP contribution in [0.3, 0.4) is 0 Å². The first-order valence-corrected chi connectivity index (χ1v) is 9.47. The van der Waals surface area contributed by atoms with Crippen molar-refractivity contribution >= 4 is 23.5 Å². The monoisotopic (exact) mass is 379 g/mol. The molecule has 1 atom stereocenters. The van der Waals surface area contributed by atoms with Crippen LogP contribution in [0.25, 0.3) is 0 Å². The fraction of sp³-hybridized carbons (Fsp3) is 0.318. The first kappa shape index (κ1) is 19.6. The number of rotatable bonds is 7. The van der Waals surface area contributed by atoms with Gasteiger partial charge >= 0.3 is 6.03 Å². The summed E-state index contributed by atoms with van der Waals surface area (Å²) in [6.45, 7) is 4.27. The number of nitrogens with one attached hydrogen (secondary N) is 2. The van der Waals surface area contributed by atoms with Gasteiger partial charge in [0.2, 0.25) is 5.91 Å². The maximum atomic E-state index is 12.5. The van der Waals surface area contributed by atoms with Crippen LogP contribution < -0.4 is 10.6 Å². The Kier molecular flexibility index (Phi) is 6.09. The van der Waals surface area contributed by atoms with Crippen LogP contribution in [-0.2, 0) is 16.0 Å². The molecule has 146 valence electrons. The molecule has 0 unspecified atom stereocenters. The van der Waals surface area contributed by atoms with Crippen LogP contribution in [0.5, 0.6) is 0 Å². The van der Waals surface area contributed by atoms with Crippen molar-refractivity contribution in [2.75, 3.05) is 11.9 Å². The zero-order valence-corrected chi connectivity index (χ0v) is 16.2. The van der Waals surface area contributed by atoms with Crippen molar-refractivity contribution in [1.82, 2.24) is 10.2 Å². The van der Waals surface area contributed by atoms with Crippen molar-refractivity contribution in [1.29, 1.82) is 0 Å². The van der Waals surface area contributed by atoms with Gasteiger partial charge in [0.05, 0.1) is 0 Å². The predicted octanol–water partition coefficient (Wildman–Crippen LogP) is 3.19. The molecular weight excluding hydrogens is 354 g/mol. The molecule has 4 amide bonds. The van der Waals surface area contributed by atoms with Crippen LogP contribution in [0, 0.1) is 13.8 Å². The Morgan fingerprint density at radius 1 is 1.11 bits per heavy atom. The van der Waals surface area contributed by atoms with Crippen molar-refractivity contribution in [2.24, 2.45) is 0 Å². The molecule has 28 heavy (non-hydrogen) atoms. The number of imide groups is 1. The third kappa shape index (κ3) is 4.76. The number of anilines is 1. The van der Waals surface area contributed by atoms with Gasteiger partial charge in [0.25, 0.3) is 5.91 Å². The van der Waals surface area contributed by atoms with Gasteiger partial charge in [0.1, 0.15) is 6.04 Å². The highest BCUT2D eigenvalue weighted by molar-refractivity contribution is 6.04. The first-order chi connectivity index (χ1) is 13.4. The first-order valence-electron chi connectivity index (χ1n) is 9.47. The zero-order chi connectivity index (χ0) is 20.1. The normalized spacial score (nSPS) is 16.2. The molecule has 0 aliphatic carbocycles. The number of hydrogen-bond donors (Lipinski definition) is 2.